The third-order valence-corrected chi connectivity index (χ3v) is 16.1. The Bertz CT molecular complexity index is 3130. The molecule has 99 heavy (non-hydrogen) atoms. The summed E-state index contributed by atoms with van der Waals surface area (Å²) in [6, 6.07) is -1.68. The van der Waals surface area contributed by atoms with Gasteiger partial charge in [0.25, 0.3) is 0 Å². The molecule has 5 rings (SSSR count). The van der Waals surface area contributed by atoms with E-state index in [9.17, 15) is 103 Å². The van der Waals surface area contributed by atoms with Gasteiger partial charge >= 0.3 is 236 Å². The molecule has 0 aromatic rings. The molecule has 0 bridgehead atoms. The summed E-state index contributed by atoms with van der Waals surface area (Å²) in [5.74, 6) is -4.74. The number of nitrogens with two attached hydrogens (primary N) is 1. The minimum Gasteiger partial charge on any atom is -0.726 e. The number of hydrogen-bond acceptors (Lipinski definition) is 46. The van der Waals surface area contributed by atoms with E-state index >= 15 is 0 Å². The van der Waals surface area contributed by atoms with Crippen molar-refractivity contribution in [1.29, 1.82) is 0 Å². The number of carboxylic acid groups (broad SMARTS) is 2. The standard InChI is InChI=1S/C39H67NO45S6.8Na/c1-8-9-70-20-16(40)35(74-13(17(20)41)10-71-86(46,47)48)79-24-22(65-3)29(67-5)38(81-27(24)33(42)43)78-19-15(12-73-88(52,53)54)76-39(32(85-91(61,62)63)26(19)83-89(55,56)57)80-25-23(66-4)30(68-6)37(82-28(25)34(44)45)77-18-14(11-72-87(49,50)51)75-36(69-7)31(21(18)64-2)84-90(58,59)60;;;;;;;;/h13-32,35-39,41H,8-12,40H2,1-7H3,(H,42,43)(H,44,45)(H,46,47,48)(H,49,50,51)(H,52,53,54)(H,55,56,57)(H,58,59,60)(H,61,62,63);;;;;;;;/q;8*+1/p-8/t13-,14-,15-,16-,17-,18-,19-,20-,21+,22+,23+,24+,25+,26+,27+,28+,29-,30-,31-,32-,35-,36+,37+,38-,39-;;;;;;;;/m1......../s1. The summed E-state index contributed by atoms with van der Waals surface area (Å²) in [4.78, 5) is 26.2. The van der Waals surface area contributed by atoms with E-state index in [1.54, 1.807) is 6.92 Å². The van der Waals surface area contributed by atoms with Gasteiger partial charge in [-0.1, -0.05) is 6.92 Å². The number of ether oxygens (including phenoxy) is 16. The van der Waals surface area contributed by atoms with Crippen LogP contribution in [0, 0.1) is 0 Å². The van der Waals surface area contributed by atoms with Crippen molar-refractivity contribution in [1.82, 2.24) is 0 Å². The number of methoxy groups -OCH3 is 6. The van der Waals surface area contributed by atoms with Crippen LogP contribution in [-0.4, -0.2) is 317 Å². The maximum absolute atomic E-state index is 13.1. The fourth-order valence-corrected chi connectivity index (χ4v) is 12.3. The zero-order valence-corrected chi connectivity index (χ0v) is 76.3. The minimum absolute atomic E-state index is 0. The first kappa shape index (κ1) is 111. The number of aliphatic carboxylic acids is 2. The van der Waals surface area contributed by atoms with Gasteiger partial charge in [-0.15, -0.1) is 0 Å². The summed E-state index contributed by atoms with van der Waals surface area (Å²) in [6.45, 7) is -2.97. The van der Waals surface area contributed by atoms with Crippen molar-refractivity contribution < 1.29 is 440 Å². The third kappa shape index (κ3) is 33.4. The smallest absolute Gasteiger partial charge is 0.726 e. The topological polar surface area (TPSA) is 673 Å². The molecule has 0 saturated carbocycles. The van der Waals surface area contributed by atoms with Gasteiger partial charge < -0.3 is 134 Å². The summed E-state index contributed by atoms with van der Waals surface area (Å²) < 4.78 is 332. The Labute approximate surface area is 744 Å². The molecule has 0 amide bonds. The third-order valence-electron chi connectivity index (χ3n) is 13.4. The average molecular weight is 1640 g/mol. The number of carbonyl (C=O) groups is 2. The van der Waals surface area contributed by atoms with Gasteiger partial charge in [0.15, 0.2) is 43.7 Å². The van der Waals surface area contributed by atoms with Crippen LogP contribution >= 0.6 is 0 Å². The van der Waals surface area contributed by atoms with Gasteiger partial charge in [-0.05, 0) is 6.42 Å². The van der Waals surface area contributed by atoms with Gasteiger partial charge in [0.2, 0.25) is 62.4 Å². The molecule has 0 spiro atoms. The predicted molar refractivity (Wildman–Crippen MR) is 258 cm³/mol. The van der Waals surface area contributed by atoms with Crippen molar-refractivity contribution in [2.75, 3.05) is 69.1 Å². The molecular weight excluding hydrogens is 1580 g/mol. The Kier molecular flexibility index (Phi) is 54.4. The van der Waals surface area contributed by atoms with Gasteiger partial charge in [0.05, 0.1) is 37.8 Å². The van der Waals surface area contributed by atoms with Crippen molar-refractivity contribution in [2.24, 2.45) is 5.73 Å². The Morgan fingerprint density at radius 1 is 0.374 bits per heavy atom. The van der Waals surface area contributed by atoms with E-state index in [4.69, 9.17) is 81.5 Å². The molecule has 5 fully saturated rings. The second-order valence-electron chi connectivity index (χ2n) is 19.1. The molecule has 0 unspecified atom stereocenters. The molecule has 0 radical (unpaired) electrons. The second kappa shape index (κ2) is 48.6. The van der Waals surface area contributed by atoms with Crippen LogP contribution in [0.4, 0.5) is 0 Å². The Hall–Kier alpha value is 5.44. The van der Waals surface area contributed by atoms with Crippen LogP contribution in [0.2, 0.25) is 0 Å². The summed E-state index contributed by atoms with van der Waals surface area (Å²) in [6.07, 6.45) is -56.5. The van der Waals surface area contributed by atoms with Crippen LogP contribution in [0.15, 0.2) is 0 Å². The molecule has 5 aliphatic heterocycles. The Balaban J connectivity index is -0.00000564. The first-order valence-electron chi connectivity index (χ1n) is 25.3. The molecule has 25 atom stereocenters. The number of carboxylic acids is 2. The van der Waals surface area contributed by atoms with Crippen LogP contribution in [0.5, 0.6) is 0 Å². The van der Waals surface area contributed by atoms with Gasteiger partial charge in [-0.3, -0.25) is 25.1 Å². The molecule has 0 aliphatic carbocycles. The van der Waals surface area contributed by atoms with Crippen molar-refractivity contribution in [2.45, 2.75) is 167 Å². The van der Waals surface area contributed by atoms with Crippen LogP contribution in [-0.2, 0) is 173 Å². The molecule has 46 nitrogen and oxygen atoms in total. The van der Waals surface area contributed by atoms with E-state index in [0.29, 0.717) is 0 Å². The summed E-state index contributed by atoms with van der Waals surface area (Å²) >= 11 is 0. The summed E-state index contributed by atoms with van der Waals surface area (Å²) in [5.41, 5.74) is 6.32. The number of rotatable bonds is 34. The van der Waals surface area contributed by atoms with Crippen LogP contribution in [0.1, 0.15) is 13.3 Å². The largest absolute Gasteiger partial charge is 1.00 e. The van der Waals surface area contributed by atoms with Crippen LogP contribution in [0.3, 0.4) is 0 Å². The minimum atomic E-state index is -6.46. The quantitative estimate of drug-likeness (QED) is 0.0343. The zero-order valence-electron chi connectivity index (χ0n) is 55.4. The molecule has 5 aliphatic rings. The van der Waals surface area contributed by atoms with Crippen molar-refractivity contribution in [3.05, 3.63) is 0 Å². The molecule has 534 valence electrons. The zero-order chi connectivity index (χ0) is 68.7. The fraction of sp³-hybridized carbons (Fsp3) is 0.949. The monoisotopic (exact) mass is 1640 g/mol. The molecule has 0 aromatic heterocycles. The van der Waals surface area contributed by atoms with E-state index in [2.05, 4.69) is 25.1 Å². The van der Waals surface area contributed by atoms with Crippen molar-refractivity contribution in [3.8, 4) is 0 Å². The van der Waals surface area contributed by atoms with E-state index in [-0.39, 0.29) is 249 Å². The van der Waals surface area contributed by atoms with Crippen LogP contribution in [0.25, 0.3) is 0 Å². The molecular formula is C39H59NNa8O45S6. The Morgan fingerprint density at radius 2 is 0.667 bits per heavy atom. The summed E-state index contributed by atoms with van der Waals surface area (Å²) in [5, 5.41) is 37.2. The van der Waals surface area contributed by atoms with Crippen molar-refractivity contribution >= 4 is 74.3 Å². The Morgan fingerprint density at radius 3 is 1.00 bits per heavy atom. The molecule has 3 N–H and O–H groups in total. The second-order valence-corrected chi connectivity index (χ2v) is 25.3. The SMILES string of the molecule is CCCO[C@@H]1[C@@H](N)[C@@H](O[C@H]2[C@H](OC)[C@@H](OC)[C@H](O[C@H]3[C@H](OS(=O)(=O)[O-])[C@@H](OS(=O)(=O)[O-])[C@@H](O[C@H]4[C@H](OC)[C@@H](OC)[C@@H](O[C@H]5[C@H](OC)[C@@H](OS(=O)(=O)[O-])[C@@H](OC)O[C@@H]5COS(=O)(=O)[O-])O[C@@H]4C(=O)[O-])O[C@@H]3COS(=O)(=O)[O-])O[C@@H]2C(=O)[O-])O[C@H](COS(=O)(=O)[O-])[C@H]1O.[Na+].[Na+].[Na+].[Na+].[Na+].[Na+].[Na+].[Na+]. The molecule has 5 heterocycles. The molecule has 0 aromatic carbocycles. The predicted octanol–water partition coefficient (Wildman–Crippen LogP) is -36.1. The number of aliphatic hydroxyl groups is 1. The summed E-state index contributed by atoms with van der Waals surface area (Å²) in [7, 11) is -30.9. The van der Waals surface area contributed by atoms with Gasteiger partial charge in [0.1, 0.15) is 104 Å². The number of carbonyl (C=O) groups excluding carboxylic acids is 2. The maximum Gasteiger partial charge on any atom is 1.00 e. The van der Waals surface area contributed by atoms with E-state index in [1.165, 1.54) is 0 Å². The first-order valence-corrected chi connectivity index (χ1v) is 33.3. The van der Waals surface area contributed by atoms with E-state index in [0.717, 1.165) is 42.7 Å². The van der Waals surface area contributed by atoms with Gasteiger partial charge in [-0.2, -0.15) is 0 Å². The number of hydrogen-bond donors (Lipinski definition) is 2. The normalized spacial score (nSPS) is 35.2. The van der Waals surface area contributed by atoms with Crippen LogP contribution < -0.4 is 252 Å². The van der Waals surface area contributed by atoms with E-state index in [1.807, 2.05) is 0 Å². The molecule has 5 saturated heterocycles. The number of aliphatic hydroxyl groups excluding tert-OH is 1. The van der Waals surface area contributed by atoms with E-state index < -0.39 is 248 Å². The first-order chi connectivity index (χ1) is 42.0. The average Bonchev–Trinajstić information content (AvgIpc) is 0.763. The fourth-order valence-electron chi connectivity index (χ4n) is 9.93. The van der Waals surface area contributed by atoms with Gasteiger partial charge in [0, 0.05) is 49.3 Å². The van der Waals surface area contributed by atoms with Gasteiger partial charge in [-0.25, -0.2) is 50.5 Å². The maximum atomic E-state index is 13.1. The van der Waals surface area contributed by atoms with Crippen molar-refractivity contribution in [3.63, 3.8) is 0 Å². The molecule has 60 heteroatoms.